The summed E-state index contributed by atoms with van der Waals surface area (Å²) in [5.74, 6) is -0.682. The van der Waals surface area contributed by atoms with E-state index in [4.69, 9.17) is 0 Å². The lowest BCUT2D eigenvalue weighted by atomic mass is 9.84. The number of likely N-dealkylation sites (tertiary alicyclic amines) is 1. The number of aliphatic carboxylic acids is 1. The molecule has 3 atom stereocenters. The fourth-order valence-electron chi connectivity index (χ4n) is 4.41. The maximum atomic E-state index is 13.0. The molecule has 138 valence electrons. The maximum absolute atomic E-state index is 13.0. The summed E-state index contributed by atoms with van der Waals surface area (Å²) in [5.41, 5.74) is 1.15. The number of carbonyl (C=O) groups is 3. The Kier molecular flexibility index (Phi) is 4.42. The van der Waals surface area contributed by atoms with Crippen LogP contribution in [0.25, 0.3) is 0 Å². The number of rotatable bonds is 4. The summed E-state index contributed by atoms with van der Waals surface area (Å²) in [5, 5.41) is 12.4. The van der Waals surface area contributed by atoms with Gasteiger partial charge in [-0.15, -0.1) is 0 Å². The van der Waals surface area contributed by atoms with Gasteiger partial charge >= 0.3 is 5.97 Å². The van der Waals surface area contributed by atoms with Gasteiger partial charge in [0, 0.05) is 23.2 Å². The molecule has 3 unspecified atom stereocenters. The van der Waals surface area contributed by atoms with E-state index in [0.717, 1.165) is 38.5 Å². The molecule has 3 fully saturated rings. The Bertz CT molecular complexity index is 726. The predicted octanol–water partition coefficient (Wildman–Crippen LogP) is 2.89. The van der Waals surface area contributed by atoms with Gasteiger partial charge in [-0.1, -0.05) is 12.8 Å². The Morgan fingerprint density at radius 3 is 2.35 bits per heavy atom. The topological polar surface area (TPSA) is 86.7 Å². The summed E-state index contributed by atoms with van der Waals surface area (Å²) in [7, 11) is 0. The summed E-state index contributed by atoms with van der Waals surface area (Å²) in [6.07, 6.45) is 6.49. The van der Waals surface area contributed by atoms with Crippen molar-refractivity contribution in [3.63, 3.8) is 0 Å². The van der Waals surface area contributed by atoms with Crippen LogP contribution in [0.4, 0.5) is 5.69 Å². The molecular formula is C20H24N2O4. The fourth-order valence-corrected chi connectivity index (χ4v) is 4.41. The molecule has 3 aliphatic rings. The van der Waals surface area contributed by atoms with E-state index in [2.05, 4.69) is 5.32 Å². The number of anilines is 1. The zero-order valence-corrected chi connectivity index (χ0v) is 14.7. The Labute approximate surface area is 152 Å². The summed E-state index contributed by atoms with van der Waals surface area (Å²) in [6, 6.07) is 6.10. The number of hydrogen-bond acceptors (Lipinski definition) is 3. The molecule has 1 aromatic carbocycles. The first-order valence-corrected chi connectivity index (χ1v) is 9.51. The first-order chi connectivity index (χ1) is 12.5. The van der Waals surface area contributed by atoms with Crippen molar-refractivity contribution in [2.24, 2.45) is 11.8 Å². The van der Waals surface area contributed by atoms with Gasteiger partial charge in [-0.25, -0.2) is 4.79 Å². The minimum atomic E-state index is -0.916. The van der Waals surface area contributed by atoms with Crippen LogP contribution >= 0.6 is 0 Å². The van der Waals surface area contributed by atoms with E-state index >= 15 is 0 Å². The Balaban J connectivity index is 1.51. The molecule has 1 aromatic rings. The lowest BCUT2D eigenvalue weighted by Crippen LogP contribution is -2.46. The van der Waals surface area contributed by atoms with Gasteiger partial charge in [0.2, 0.25) is 5.91 Å². The molecule has 2 amide bonds. The molecule has 0 aromatic heterocycles. The van der Waals surface area contributed by atoms with Gasteiger partial charge in [0.1, 0.15) is 6.04 Å². The standard InChI is InChI=1S/C20H24N2O4/c23-18(12-5-6-12)21-15-9-7-13(8-10-15)19(24)22-16-4-2-1-3-14(16)11-17(22)20(25)26/h7-10,12,14,16-17H,1-6,11H2,(H,21,23)(H,25,26). The highest BCUT2D eigenvalue weighted by atomic mass is 16.4. The maximum Gasteiger partial charge on any atom is 0.326 e. The second-order valence-electron chi connectivity index (χ2n) is 7.75. The number of nitrogens with one attached hydrogen (secondary N) is 1. The minimum Gasteiger partial charge on any atom is -0.480 e. The van der Waals surface area contributed by atoms with Crippen molar-refractivity contribution in [1.82, 2.24) is 4.90 Å². The van der Waals surface area contributed by atoms with Crippen LogP contribution < -0.4 is 5.32 Å². The lowest BCUT2D eigenvalue weighted by Gasteiger charge is -2.33. The van der Waals surface area contributed by atoms with E-state index in [1.54, 1.807) is 29.2 Å². The predicted molar refractivity (Wildman–Crippen MR) is 95.8 cm³/mol. The number of amides is 2. The third-order valence-electron chi connectivity index (χ3n) is 5.96. The summed E-state index contributed by atoms with van der Waals surface area (Å²) < 4.78 is 0. The number of carbonyl (C=O) groups excluding carboxylic acids is 2. The molecule has 2 saturated carbocycles. The summed E-state index contributed by atoms with van der Waals surface area (Å²) >= 11 is 0. The van der Waals surface area contributed by atoms with Crippen molar-refractivity contribution in [1.29, 1.82) is 0 Å². The van der Waals surface area contributed by atoms with Crippen molar-refractivity contribution < 1.29 is 19.5 Å². The third kappa shape index (κ3) is 3.20. The molecule has 6 nitrogen and oxygen atoms in total. The number of hydrogen-bond donors (Lipinski definition) is 2. The highest BCUT2D eigenvalue weighted by Crippen LogP contribution is 2.40. The van der Waals surface area contributed by atoms with Crippen LogP contribution in [0.3, 0.4) is 0 Å². The van der Waals surface area contributed by atoms with Crippen molar-refractivity contribution in [2.45, 2.75) is 57.0 Å². The van der Waals surface area contributed by atoms with Crippen LogP contribution in [0.1, 0.15) is 55.3 Å². The van der Waals surface area contributed by atoms with Crippen molar-refractivity contribution in [3.05, 3.63) is 29.8 Å². The van der Waals surface area contributed by atoms with Crippen molar-refractivity contribution in [2.75, 3.05) is 5.32 Å². The van der Waals surface area contributed by atoms with Gasteiger partial charge < -0.3 is 15.3 Å². The molecule has 2 aliphatic carbocycles. The summed E-state index contributed by atoms with van der Waals surface area (Å²) in [6.45, 7) is 0. The molecule has 1 aliphatic heterocycles. The molecular weight excluding hydrogens is 332 g/mol. The van der Waals surface area contributed by atoms with Crippen LogP contribution in [0.15, 0.2) is 24.3 Å². The van der Waals surface area contributed by atoms with E-state index in [1.165, 1.54) is 0 Å². The number of benzene rings is 1. The molecule has 0 radical (unpaired) electrons. The number of nitrogens with zero attached hydrogens (tertiary/aromatic N) is 1. The molecule has 26 heavy (non-hydrogen) atoms. The fraction of sp³-hybridized carbons (Fsp3) is 0.550. The largest absolute Gasteiger partial charge is 0.480 e. The second-order valence-corrected chi connectivity index (χ2v) is 7.75. The third-order valence-corrected chi connectivity index (χ3v) is 5.96. The average Bonchev–Trinajstić information content (AvgIpc) is 3.42. The van der Waals surface area contributed by atoms with Gasteiger partial charge in [-0.3, -0.25) is 9.59 Å². The van der Waals surface area contributed by atoms with Crippen LogP contribution in [-0.4, -0.2) is 39.9 Å². The quantitative estimate of drug-likeness (QED) is 0.868. The SMILES string of the molecule is O=C(Nc1ccc(C(=O)N2C(C(=O)O)CC3CCCCC32)cc1)C1CC1. The van der Waals surface area contributed by atoms with Crippen LogP contribution in [0, 0.1) is 11.8 Å². The van der Waals surface area contributed by atoms with E-state index in [0.29, 0.717) is 23.6 Å². The molecule has 1 heterocycles. The van der Waals surface area contributed by atoms with E-state index < -0.39 is 12.0 Å². The molecule has 0 spiro atoms. The van der Waals surface area contributed by atoms with E-state index in [9.17, 15) is 19.5 Å². The molecule has 1 saturated heterocycles. The smallest absolute Gasteiger partial charge is 0.326 e. The second kappa shape index (κ2) is 6.74. The first kappa shape index (κ1) is 17.1. The first-order valence-electron chi connectivity index (χ1n) is 9.51. The molecule has 0 bridgehead atoms. The normalized spacial score (nSPS) is 27.7. The van der Waals surface area contributed by atoms with Crippen molar-refractivity contribution in [3.8, 4) is 0 Å². The van der Waals surface area contributed by atoms with Crippen LogP contribution in [0.2, 0.25) is 0 Å². The summed E-state index contributed by atoms with van der Waals surface area (Å²) in [4.78, 5) is 38.2. The minimum absolute atomic E-state index is 0.0274. The Morgan fingerprint density at radius 1 is 1.00 bits per heavy atom. The van der Waals surface area contributed by atoms with Gasteiger partial charge in [0.05, 0.1) is 0 Å². The zero-order valence-electron chi connectivity index (χ0n) is 14.7. The van der Waals surface area contributed by atoms with Crippen molar-refractivity contribution >= 4 is 23.5 Å². The van der Waals surface area contributed by atoms with E-state index in [-0.39, 0.29) is 23.8 Å². The Morgan fingerprint density at radius 2 is 1.69 bits per heavy atom. The van der Waals surface area contributed by atoms with Gasteiger partial charge in [0.25, 0.3) is 5.91 Å². The van der Waals surface area contributed by atoms with Crippen LogP contribution in [0.5, 0.6) is 0 Å². The Hall–Kier alpha value is -2.37. The molecule has 2 N–H and O–H groups in total. The van der Waals surface area contributed by atoms with E-state index in [1.807, 2.05) is 0 Å². The number of carboxylic acid groups (broad SMARTS) is 1. The van der Waals surface area contributed by atoms with Gasteiger partial charge in [0.15, 0.2) is 0 Å². The number of fused-ring (bicyclic) bond motifs is 1. The highest BCUT2D eigenvalue weighted by Gasteiger charge is 2.47. The number of carboxylic acids is 1. The zero-order chi connectivity index (χ0) is 18.3. The monoisotopic (exact) mass is 356 g/mol. The van der Waals surface area contributed by atoms with Gasteiger partial charge in [-0.05, 0) is 62.3 Å². The van der Waals surface area contributed by atoms with Gasteiger partial charge in [-0.2, -0.15) is 0 Å². The van der Waals surface area contributed by atoms with Crippen LogP contribution in [-0.2, 0) is 9.59 Å². The molecule has 6 heteroatoms. The average molecular weight is 356 g/mol. The highest BCUT2D eigenvalue weighted by molar-refractivity contribution is 5.98. The molecule has 4 rings (SSSR count). The lowest BCUT2D eigenvalue weighted by molar-refractivity contribution is -0.141.